The fourth-order valence-electron chi connectivity index (χ4n) is 5.74. The van der Waals surface area contributed by atoms with Crippen molar-refractivity contribution in [3.63, 3.8) is 0 Å². The topological polar surface area (TPSA) is 52.1 Å². The molecule has 38 heavy (non-hydrogen) atoms. The molecule has 4 heteroatoms. The van der Waals surface area contributed by atoms with Crippen LogP contribution in [0.1, 0.15) is 75.1 Å². The van der Waals surface area contributed by atoms with Gasteiger partial charge in [-0.3, -0.25) is 9.97 Å². The molecule has 6 rings (SSSR count). The molecule has 0 fully saturated rings. The average molecular weight is 507 g/mol. The summed E-state index contributed by atoms with van der Waals surface area (Å²) in [4.78, 5) is 8.87. The Morgan fingerprint density at radius 2 is 1.16 bits per heavy atom. The van der Waals surface area contributed by atoms with Gasteiger partial charge in [0.25, 0.3) is 0 Å². The number of aryl methyl sites for hydroxylation is 4. The van der Waals surface area contributed by atoms with Gasteiger partial charge in [-0.2, -0.15) is 0 Å². The number of aromatic nitrogens is 2. The SMILES string of the molecule is Cc1cc2oc3c(C(C)(C)C)c(C)ccc3c2cn1.Cc1ccc2c(oc3c(C)ccnc32)c1C(C)(C)C. The minimum absolute atomic E-state index is 0.0609. The van der Waals surface area contributed by atoms with Gasteiger partial charge in [-0.25, -0.2) is 0 Å². The van der Waals surface area contributed by atoms with Crippen LogP contribution in [0.3, 0.4) is 0 Å². The molecule has 4 heterocycles. The summed E-state index contributed by atoms with van der Waals surface area (Å²) >= 11 is 0. The first-order valence-corrected chi connectivity index (χ1v) is 13.3. The standard InChI is InChI=1S/2C17H19NO/c1-10-6-7-12-13-9-18-11(2)8-14(13)19-16(12)15(10)17(3,4)5;1-10-6-7-12-14-15(11(2)8-9-18-14)19-16(12)13(10)17(3,4)5/h2*6-9H,1-5H3. The summed E-state index contributed by atoms with van der Waals surface area (Å²) in [6.07, 6.45) is 3.77. The number of hydrogen-bond donors (Lipinski definition) is 0. The normalized spacial score (nSPS) is 12.5. The molecule has 0 unspecified atom stereocenters. The second-order valence-corrected chi connectivity index (χ2v) is 12.6. The summed E-state index contributed by atoms with van der Waals surface area (Å²) < 4.78 is 12.3. The Hall–Kier alpha value is -3.66. The van der Waals surface area contributed by atoms with Gasteiger partial charge in [-0.05, 0) is 67.3 Å². The van der Waals surface area contributed by atoms with Crippen molar-refractivity contribution in [3.8, 4) is 0 Å². The Morgan fingerprint density at radius 1 is 0.579 bits per heavy atom. The number of fused-ring (bicyclic) bond motifs is 6. The maximum atomic E-state index is 6.16. The maximum Gasteiger partial charge on any atom is 0.156 e. The van der Waals surface area contributed by atoms with Crippen LogP contribution < -0.4 is 0 Å². The monoisotopic (exact) mass is 506 g/mol. The van der Waals surface area contributed by atoms with Crippen LogP contribution in [0.5, 0.6) is 0 Å². The van der Waals surface area contributed by atoms with E-state index in [1.165, 1.54) is 22.3 Å². The highest BCUT2D eigenvalue weighted by atomic mass is 16.3. The van der Waals surface area contributed by atoms with E-state index in [2.05, 4.69) is 96.5 Å². The number of nitrogens with zero attached hydrogens (tertiary/aromatic N) is 2. The molecule has 6 aromatic rings. The van der Waals surface area contributed by atoms with E-state index in [1.54, 1.807) is 0 Å². The van der Waals surface area contributed by atoms with Crippen molar-refractivity contribution >= 4 is 44.0 Å². The number of rotatable bonds is 0. The van der Waals surface area contributed by atoms with E-state index < -0.39 is 0 Å². The third kappa shape index (κ3) is 4.36. The molecule has 0 amide bonds. The molecule has 4 aromatic heterocycles. The predicted octanol–water partition coefficient (Wildman–Crippen LogP) is 9.79. The van der Waals surface area contributed by atoms with E-state index in [0.29, 0.717) is 0 Å². The number of pyridine rings is 2. The molecule has 0 saturated carbocycles. The first kappa shape index (κ1) is 26.0. The Bertz CT molecular complexity index is 1820. The van der Waals surface area contributed by atoms with E-state index in [-0.39, 0.29) is 10.8 Å². The molecular weight excluding hydrogens is 468 g/mol. The molecule has 196 valence electrons. The fourth-order valence-corrected chi connectivity index (χ4v) is 5.74. The molecule has 0 N–H and O–H groups in total. The fraction of sp³-hybridized carbons (Fsp3) is 0.353. The number of furan rings is 2. The number of hydrogen-bond acceptors (Lipinski definition) is 4. The molecular formula is C34H38N2O2. The van der Waals surface area contributed by atoms with E-state index in [0.717, 1.165) is 55.3 Å². The molecule has 0 aliphatic carbocycles. The summed E-state index contributed by atoms with van der Waals surface area (Å²) in [6.45, 7) is 21.7. The van der Waals surface area contributed by atoms with Crippen LogP contribution in [0.2, 0.25) is 0 Å². The van der Waals surface area contributed by atoms with Crippen molar-refractivity contribution in [3.05, 3.63) is 82.3 Å². The van der Waals surface area contributed by atoms with Gasteiger partial charge < -0.3 is 8.83 Å². The van der Waals surface area contributed by atoms with E-state index in [1.807, 2.05) is 31.5 Å². The molecule has 0 atom stereocenters. The van der Waals surface area contributed by atoms with Crippen molar-refractivity contribution < 1.29 is 8.83 Å². The molecule has 0 saturated heterocycles. The highest BCUT2D eigenvalue weighted by molar-refractivity contribution is 6.06. The van der Waals surface area contributed by atoms with Gasteiger partial charge in [0.15, 0.2) is 5.58 Å². The maximum absolute atomic E-state index is 6.16. The number of benzene rings is 2. The Kier molecular flexibility index (Phi) is 6.13. The lowest BCUT2D eigenvalue weighted by Gasteiger charge is -2.21. The summed E-state index contributed by atoms with van der Waals surface area (Å²) in [5.41, 5.74) is 12.2. The second kappa shape index (κ2) is 8.97. The predicted molar refractivity (Wildman–Crippen MR) is 159 cm³/mol. The summed E-state index contributed by atoms with van der Waals surface area (Å²) in [5, 5.41) is 3.39. The van der Waals surface area contributed by atoms with Crippen LogP contribution in [0.4, 0.5) is 0 Å². The molecule has 2 aromatic carbocycles. The Morgan fingerprint density at radius 3 is 1.76 bits per heavy atom. The van der Waals surface area contributed by atoms with Crippen LogP contribution in [0, 0.1) is 27.7 Å². The smallest absolute Gasteiger partial charge is 0.156 e. The van der Waals surface area contributed by atoms with E-state index in [9.17, 15) is 0 Å². The third-order valence-corrected chi connectivity index (χ3v) is 7.30. The van der Waals surface area contributed by atoms with Gasteiger partial charge >= 0.3 is 0 Å². The summed E-state index contributed by atoms with van der Waals surface area (Å²) in [5.74, 6) is 0. The van der Waals surface area contributed by atoms with Crippen molar-refractivity contribution in [1.82, 2.24) is 9.97 Å². The Balaban J connectivity index is 0.000000155. The zero-order valence-corrected chi connectivity index (χ0v) is 24.3. The largest absolute Gasteiger partial charge is 0.456 e. The first-order valence-electron chi connectivity index (χ1n) is 13.3. The van der Waals surface area contributed by atoms with Crippen LogP contribution in [0.25, 0.3) is 44.0 Å². The summed E-state index contributed by atoms with van der Waals surface area (Å²) in [6, 6.07) is 12.6. The van der Waals surface area contributed by atoms with Gasteiger partial charge in [0.1, 0.15) is 22.3 Å². The lowest BCUT2D eigenvalue weighted by molar-refractivity contribution is 0.568. The van der Waals surface area contributed by atoms with Crippen molar-refractivity contribution in [2.24, 2.45) is 0 Å². The third-order valence-electron chi connectivity index (χ3n) is 7.30. The zero-order chi connectivity index (χ0) is 27.6. The van der Waals surface area contributed by atoms with Crippen molar-refractivity contribution in [2.75, 3.05) is 0 Å². The molecule has 0 aliphatic heterocycles. The molecule has 4 nitrogen and oxygen atoms in total. The molecule has 0 spiro atoms. The summed E-state index contributed by atoms with van der Waals surface area (Å²) in [7, 11) is 0. The van der Waals surface area contributed by atoms with Crippen LogP contribution in [-0.2, 0) is 10.8 Å². The van der Waals surface area contributed by atoms with Gasteiger partial charge in [-0.15, -0.1) is 0 Å². The van der Waals surface area contributed by atoms with Gasteiger partial charge in [0.05, 0.1) is 0 Å². The quantitative estimate of drug-likeness (QED) is 0.206. The average Bonchev–Trinajstić information content (AvgIpc) is 3.35. The van der Waals surface area contributed by atoms with Crippen LogP contribution in [-0.4, -0.2) is 9.97 Å². The van der Waals surface area contributed by atoms with Gasteiger partial charge in [0, 0.05) is 51.4 Å². The highest BCUT2D eigenvalue weighted by Crippen LogP contribution is 2.39. The van der Waals surface area contributed by atoms with Crippen LogP contribution in [0.15, 0.2) is 57.6 Å². The lowest BCUT2D eigenvalue weighted by atomic mass is 9.83. The Labute approximate surface area is 225 Å². The first-order chi connectivity index (χ1) is 17.8. The van der Waals surface area contributed by atoms with E-state index in [4.69, 9.17) is 8.83 Å². The molecule has 0 aliphatic rings. The van der Waals surface area contributed by atoms with Crippen molar-refractivity contribution in [2.45, 2.75) is 80.1 Å². The lowest BCUT2D eigenvalue weighted by Crippen LogP contribution is -2.13. The highest BCUT2D eigenvalue weighted by Gasteiger charge is 2.24. The minimum Gasteiger partial charge on any atom is -0.456 e. The second-order valence-electron chi connectivity index (χ2n) is 12.6. The molecule has 0 bridgehead atoms. The van der Waals surface area contributed by atoms with Crippen molar-refractivity contribution in [1.29, 1.82) is 0 Å². The van der Waals surface area contributed by atoms with Gasteiger partial charge in [-0.1, -0.05) is 59.7 Å². The van der Waals surface area contributed by atoms with Crippen LogP contribution >= 0.6 is 0 Å². The van der Waals surface area contributed by atoms with Gasteiger partial charge in [0.2, 0.25) is 0 Å². The molecule has 0 radical (unpaired) electrons. The minimum atomic E-state index is 0.0609. The van der Waals surface area contributed by atoms with E-state index >= 15 is 0 Å². The zero-order valence-electron chi connectivity index (χ0n) is 24.3.